The first kappa shape index (κ1) is 137. The smallest absolute Gasteiger partial charge is 0.497 e. The normalized spacial score (nSPS) is 12.1. The van der Waals surface area contributed by atoms with Gasteiger partial charge in [0.1, 0.15) is 52.2 Å². The molecule has 32 nitrogen and oxygen atoms in total. The van der Waals surface area contributed by atoms with Crippen LogP contribution in [-0.2, 0) is 52.4 Å². The topological polar surface area (TPSA) is 475 Å². The zero-order chi connectivity index (χ0) is 102. The number of hydroxylamine groups is 3. The Kier molecular flexibility index (Phi) is 92.1. The molecule has 1 fully saturated rings. The lowest BCUT2D eigenvalue weighted by atomic mass is 10.1. The first-order valence-corrected chi connectivity index (χ1v) is 44.4. The Balaban J connectivity index is -0.000000269. The Morgan fingerprint density at radius 3 is 1.25 bits per heavy atom. The number of alkyl halides is 5. The van der Waals surface area contributed by atoms with Crippen molar-refractivity contribution in [1.82, 2.24) is 15.4 Å². The molecule has 0 bridgehead atoms. The van der Waals surface area contributed by atoms with Gasteiger partial charge in [-0.05, 0) is 190 Å². The molecule has 0 spiro atoms. The summed E-state index contributed by atoms with van der Waals surface area (Å²) < 4.78 is 48.1. The van der Waals surface area contributed by atoms with E-state index in [0.29, 0.717) is 37.1 Å². The monoisotopic (exact) mass is 2050 g/mol. The Labute approximate surface area is 826 Å². The molecule has 134 heavy (non-hydrogen) atoms. The molecular formula is C96H143BrCl5N7O25. The van der Waals surface area contributed by atoms with E-state index in [1.807, 2.05) is 187 Å². The van der Waals surface area contributed by atoms with Gasteiger partial charge in [-0.3, -0.25) is 33.9 Å². The van der Waals surface area contributed by atoms with E-state index in [1.165, 1.54) is 11.0 Å². The van der Waals surface area contributed by atoms with Crippen LogP contribution in [0.25, 0.3) is 0 Å². The summed E-state index contributed by atoms with van der Waals surface area (Å²) in [5, 5.41) is 61.0. The van der Waals surface area contributed by atoms with Gasteiger partial charge in [0.25, 0.3) is 0 Å². The van der Waals surface area contributed by atoms with Crippen molar-refractivity contribution in [3.8, 4) is 17.2 Å². The van der Waals surface area contributed by atoms with Gasteiger partial charge in [0, 0.05) is 38.4 Å². The number of unbranched alkanes of at least 4 members (excludes halogenated alkanes) is 1. The number of allylic oxidation sites excluding steroid dienone is 1. The molecule has 1 aliphatic rings. The van der Waals surface area contributed by atoms with Crippen LogP contribution in [0.1, 0.15) is 176 Å². The van der Waals surface area contributed by atoms with Gasteiger partial charge in [-0.2, -0.15) is 5.48 Å². The second-order valence-corrected chi connectivity index (χ2v) is 30.5. The second kappa shape index (κ2) is 89.8. The van der Waals surface area contributed by atoms with Crippen LogP contribution in [-0.4, -0.2) is 222 Å². The number of benzene rings is 7. The van der Waals surface area contributed by atoms with Crippen LogP contribution in [0.2, 0.25) is 0 Å². The molecule has 754 valence electrons. The predicted molar refractivity (Wildman–Crippen MR) is 535 cm³/mol. The zero-order valence-corrected chi connectivity index (χ0v) is 85.0. The summed E-state index contributed by atoms with van der Waals surface area (Å²) in [5.74, 6) is 5.14. The number of aldehydes is 1. The van der Waals surface area contributed by atoms with Gasteiger partial charge >= 0.3 is 36.3 Å². The van der Waals surface area contributed by atoms with Crippen molar-refractivity contribution in [2.75, 3.05) is 110 Å². The van der Waals surface area contributed by atoms with E-state index < -0.39 is 41.2 Å². The van der Waals surface area contributed by atoms with Crippen molar-refractivity contribution in [2.24, 2.45) is 22.4 Å². The number of aliphatic hydroxyl groups excluding tert-OH is 5. The van der Waals surface area contributed by atoms with Gasteiger partial charge in [0.05, 0.1) is 102 Å². The van der Waals surface area contributed by atoms with E-state index >= 15 is 0 Å². The molecule has 14 N–H and O–H groups in total. The minimum absolute atomic E-state index is 0. The van der Waals surface area contributed by atoms with Crippen LogP contribution in [0.15, 0.2) is 237 Å². The largest absolute Gasteiger partial charge is 0.519 e. The molecule has 1 heterocycles. The number of methoxy groups -OCH3 is 3. The Morgan fingerprint density at radius 1 is 0.545 bits per heavy atom. The lowest BCUT2D eigenvalue weighted by molar-refractivity contribution is -0.144. The number of hydrogen-bond acceptors (Lipinski definition) is 31. The molecule has 6 atom stereocenters. The molecule has 7 aromatic rings. The summed E-state index contributed by atoms with van der Waals surface area (Å²) in [4.78, 5) is 87.3. The van der Waals surface area contributed by atoms with Crippen molar-refractivity contribution in [3.05, 3.63) is 271 Å². The number of halogens is 6. The number of aliphatic imine (C=N–C) groups is 1. The van der Waals surface area contributed by atoms with Gasteiger partial charge < -0.3 is 94.8 Å². The van der Waals surface area contributed by atoms with Crippen LogP contribution in [0.5, 0.6) is 17.2 Å². The maximum Gasteiger partial charge on any atom is 0.519 e. The third-order valence-electron chi connectivity index (χ3n) is 14.8. The predicted octanol–water partition coefficient (Wildman–Crippen LogP) is 18.4. The van der Waals surface area contributed by atoms with Gasteiger partial charge in [-0.25, -0.2) is 20.3 Å². The third-order valence-corrected chi connectivity index (χ3v) is 15.3. The van der Waals surface area contributed by atoms with Crippen LogP contribution in [0, 0.1) is 0 Å². The van der Waals surface area contributed by atoms with Gasteiger partial charge in [-0.1, -0.05) is 168 Å². The lowest BCUT2D eigenvalue weighted by Gasteiger charge is -2.25. The Hall–Kier alpha value is -9.67. The van der Waals surface area contributed by atoms with E-state index in [9.17, 15) is 43.8 Å². The molecule has 0 aliphatic carbocycles. The standard InChI is InChI=1S/C16H17NO3.C16H17NO2.C12H21NO4.C10H18O5.C8H11NO2.C8H11NO.C8H8O2.C8H14O2.C4H7BrO2.C3H7N.2CH2Cl2.CH4O.ClH.H3NO/c1-19-14-9-7-13(8-10-14)16-17(20-16)15(11-18)12-5-3-2-4-6-12;1-19-15-9-7-13(8-10-15)11-17-16(12-18)14-5-3-2-4-6-14;1-6-8-13(9-10(14)16-7-2)11(15)17-12(3,4)5;1-9(2,3)14-7(11)13-8(12)15-10(4,5)6;10-6-8(9-11)7-4-2-1-3-5-7;9-8(6-10)7-4-2-1-3-5-7;1-10-8-4-2-7(6-9)3-5-8;1-3-5-6-7-8(9)10-4-2;1-2-7-4(6)3-5;1-2-3-4;2*2-1-3;1-2;;1-2/h2-10,15-16,18H,11H2,1H3;2-11,16,18H,12H2,1H3;6H,1,7-9H2,2-5H3;1-6H3;1-5,8-11H,6H2;1-5,8,10H,6,9H2;2-6H,1H3;3H,1,4-7H2,2H3;2-3H2,1H3;2H,1,3-4H2;2*1H2;2H,1H3;1H;2H,1H2/t15-,16?,17?;16-;;;2*8-;;;;;;;;;/m00..00........./s1. The first-order valence-electron chi connectivity index (χ1n) is 41.2. The molecule has 0 saturated carbocycles. The number of carbonyl (C=O) groups excluding carboxylic acids is 7. The summed E-state index contributed by atoms with van der Waals surface area (Å²) in [6, 6.07) is 59.8. The van der Waals surface area contributed by atoms with E-state index in [2.05, 4.69) is 56.0 Å². The number of nitrogens with two attached hydrogens (primary N) is 3. The average Bonchev–Trinajstić information content (AvgIpc) is 1.62. The van der Waals surface area contributed by atoms with E-state index in [4.69, 9.17) is 126 Å². The summed E-state index contributed by atoms with van der Waals surface area (Å²) in [6.45, 7) is 32.9. The Bertz CT molecular complexity index is 4030. The zero-order valence-electron chi connectivity index (χ0n) is 79.5. The SMILES string of the molecule is C=CCCCC(=O)OCC.C=CCN.C=CCN(CC(=O)OCC)C(=O)OC(C)(C)C.CC(C)(C)OC(=O)OC(=O)OC(C)(C)C.CCOC(=O)CBr.CO.COc1ccc(C2ON2[C@@H](CO)c2ccccc2)cc1.COc1ccc(C=N[C@@H](CO)c2ccccc2)cc1.COc1ccc(C=O)cc1.Cl.ClCCl.ClCCl.NO.N[C@@H](CO)c1ccccc1.OC[C@H](NO)c1ccccc1. The number of amides is 1. The Morgan fingerprint density at radius 2 is 0.925 bits per heavy atom. The number of nitrogens with zero attached hydrogens (tertiary/aromatic N) is 3. The minimum Gasteiger partial charge on any atom is -0.497 e. The fourth-order valence-corrected chi connectivity index (χ4v) is 9.13. The van der Waals surface area contributed by atoms with Crippen LogP contribution in [0.3, 0.4) is 0 Å². The molecule has 8 rings (SSSR count). The highest BCUT2D eigenvalue weighted by atomic mass is 79.9. The molecule has 1 amide bonds. The summed E-state index contributed by atoms with van der Waals surface area (Å²) >= 11 is 22.0. The molecule has 2 unspecified atom stereocenters. The number of hydrogen-bond donors (Lipinski definition) is 11. The summed E-state index contributed by atoms with van der Waals surface area (Å²) in [7, 11) is 5.88. The van der Waals surface area contributed by atoms with Crippen molar-refractivity contribution < 1.29 is 122 Å². The number of rotatable bonds is 30. The highest BCUT2D eigenvalue weighted by Gasteiger charge is 2.44. The van der Waals surface area contributed by atoms with E-state index in [0.717, 1.165) is 76.9 Å². The van der Waals surface area contributed by atoms with Gasteiger partial charge in [-0.15, -0.1) is 83.6 Å². The van der Waals surface area contributed by atoms with Crippen molar-refractivity contribution in [2.45, 2.75) is 150 Å². The van der Waals surface area contributed by atoms with Crippen LogP contribution < -0.4 is 37.1 Å². The van der Waals surface area contributed by atoms with Gasteiger partial charge in [0.2, 0.25) is 0 Å². The van der Waals surface area contributed by atoms with Crippen molar-refractivity contribution in [3.63, 3.8) is 0 Å². The molecule has 0 radical (unpaired) electrons. The highest BCUT2D eigenvalue weighted by molar-refractivity contribution is 9.09. The molecule has 7 aromatic carbocycles. The highest BCUT2D eigenvalue weighted by Crippen LogP contribution is 2.44. The second-order valence-electron chi connectivity index (χ2n) is 28.4. The molecular weight excluding hydrogens is 1910 g/mol. The van der Waals surface area contributed by atoms with E-state index in [-0.39, 0.29) is 112 Å². The number of carbonyl (C=O) groups is 7. The molecule has 1 aliphatic heterocycles. The molecule has 1 saturated heterocycles. The van der Waals surface area contributed by atoms with Crippen molar-refractivity contribution in [1.29, 1.82) is 0 Å². The van der Waals surface area contributed by atoms with Gasteiger partial charge in [0.15, 0.2) is 6.23 Å². The molecule has 0 aromatic heterocycles. The average molecular weight is 2050 g/mol. The minimum atomic E-state index is -1.06. The fourth-order valence-electron chi connectivity index (χ4n) is 8.96. The third kappa shape index (κ3) is 77.6. The van der Waals surface area contributed by atoms with Crippen LogP contribution in [0.4, 0.5) is 14.4 Å². The first-order chi connectivity index (χ1) is 63.4. The number of esters is 3. The lowest BCUT2D eigenvalue weighted by Crippen LogP contribution is -2.40. The number of ether oxygens (including phenoxy) is 10. The summed E-state index contributed by atoms with van der Waals surface area (Å²) in [6.07, 6.45) is 7.05. The number of aliphatic hydroxyl groups is 5. The maximum atomic E-state index is 11.7. The number of nitrogens with one attached hydrogen (secondary N) is 1. The van der Waals surface area contributed by atoms with Crippen molar-refractivity contribution >= 4 is 124 Å². The molecule has 38 heteroatoms. The maximum absolute atomic E-state index is 11.7. The fraction of sp³-hybridized carbons (Fsp3) is 0.417. The quantitative estimate of drug-likeness (QED) is 0.00190. The van der Waals surface area contributed by atoms with E-state index in [1.54, 1.807) is 140 Å². The summed E-state index contributed by atoms with van der Waals surface area (Å²) in [5.41, 5.74) is 17.1. The van der Waals surface area contributed by atoms with Crippen LogP contribution >= 0.6 is 74.7 Å².